The Morgan fingerprint density at radius 1 is 1.10 bits per heavy atom. The minimum absolute atomic E-state index is 0.454. The van der Waals surface area contributed by atoms with Crippen molar-refractivity contribution in [2.45, 2.75) is 18.8 Å². The van der Waals surface area contributed by atoms with E-state index in [2.05, 4.69) is 0 Å². The molecule has 0 amide bonds. The largest absolute Gasteiger partial charge is 0.497 e. The molecule has 20 heavy (non-hydrogen) atoms. The van der Waals surface area contributed by atoms with Crippen molar-refractivity contribution in [1.29, 1.82) is 0 Å². The van der Waals surface area contributed by atoms with Gasteiger partial charge in [-0.1, -0.05) is 42.5 Å². The first-order chi connectivity index (χ1) is 9.56. The van der Waals surface area contributed by atoms with Gasteiger partial charge in [-0.25, -0.2) is 0 Å². The van der Waals surface area contributed by atoms with E-state index in [0.29, 0.717) is 6.42 Å². The lowest BCUT2D eigenvalue weighted by molar-refractivity contribution is -0.143. The molecule has 0 aliphatic carbocycles. The van der Waals surface area contributed by atoms with Gasteiger partial charge in [0.2, 0.25) is 0 Å². The molecule has 0 aliphatic rings. The second kappa shape index (κ2) is 5.78. The Bertz CT molecular complexity index is 575. The van der Waals surface area contributed by atoms with Crippen LogP contribution in [-0.4, -0.2) is 18.2 Å². The van der Waals surface area contributed by atoms with Crippen LogP contribution in [0.4, 0.5) is 0 Å². The molecule has 2 aromatic carbocycles. The van der Waals surface area contributed by atoms with E-state index < -0.39 is 11.4 Å². The molecule has 3 heteroatoms. The van der Waals surface area contributed by atoms with Gasteiger partial charge in [0.1, 0.15) is 5.75 Å². The molecule has 0 radical (unpaired) electrons. The molecule has 1 atom stereocenters. The van der Waals surface area contributed by atoms with Crippen LogP contribution < -0.4 is 4.74 Å². The molecular weight excluding hydrogens is 252 g/mol. The van der Waals surface area contributed by atoms with Crippen LogP contribution in [0.1, 0.15) is 18.1 Å². The summed E-state index contributed by atoms with van der Waals surface area (Å²) in [5.74, 6) is -0.104. The lowest BCUT2D eigenvalue weighted by atomic mass is 9.77. The van der Waals surface area contributed by atoms with Crippen molar-refractivity contribution in [2.24, 2.45) is 0 Å². The van der Waals surface area contributed by atoms with Crippen LogP contribution in [-0.2, 0) is 16.6 Å². The molecule has 0 spiro atoms. The predicted molar refractivity (Wildman–Crippen MR) is 78.1 cm³/mol. The van der Waals surface area contributed by atoms with Gasteiger partial charge in [-0.3, -0.25) is 4.79 Å². The van der Waals surface area contributed by atoms with Crippen molar-refractivity contribution < 1.29 is 14.6 Å². The summed E-state index contributed by atoms with van der Waals surface area (Å²) in [4.78, 5) is 11.7. The van der Waals surface area contributed by atoms with Crippen LogP contribution in [0, 0.1) is 0 Å². The van der Waals surface area contributed by atoms with Crippen LogP contribution in [0.5, 0.6) is 5.75 Å². The quantitative estimate of drug-likeness (QED) is 0.907. The topological polar surface area (TPSA) is 46.5 Å². The van der Waals surface area contributed by atoms with E-state index >= 15 is 0 Å². The Morgan fingerprint density at radius 2 is 1.70 bits per heavy atom. The summed E-state index contributed by atoms with van der Waals surface area (Å²) in [6.07, 6.45) is 0.454. The highest BCUT2D eigenvalue weighted by molar-refractivity contribution is 5.81. The average molecular weight is 270 g/mol. The van der Waals surface area contributed by atoms with Gasteiger partial charge in [-0.15, -0.1) is 0 Å². The summed E-state index contributed by atoms with van der Waals surface area (Å²) in [5, 5.41) is 9.64. The Kier molecular flexibility index (Phi) is 4.08. The van der Waals surface area contributed by atoms with E-state index in [1.807, 2.05) is 42.5 Å². The number of hydrogen-bond donors (Lipinski definition) is 1. The molecule has 0 heterocycles. The summed E-state index contributed by atoms with van der Waals surface area (Å²) in [6.45, 7) is 1.75. The first kappa shape index (κ1) is 14.1. The average Bonchev–Trinajstić information content (AvgIpc) is 2.48. The number of methoxy groups -OCH3 is 1. The number of aliphatic carboxylic acids is 1. The van der Waals surface area contributed by atoms with Gasteiger partial charge in [0.15, 0.2) is 0 Å². The number of carbonyl (C=O) groups is 1. The fraction of sp³-hybridized carbons (Fsp3) is 0.235. The predicted octanol–water partition coefficient (Wildman–Crippen LogP) is 3.28. The van der Waals surface area contributed by atoms with Crippen molar-refractivity contribution in [3.63, 3.8) is 0 Å². The first-order valence-electron chi connectivity index (χ1n) is 6.48. The molecule has 0 aliphatic heterocycles. The zero-order valence-electron chi connectivity index (χ0n) is 11.7. The van der Waals surface area contributed by atoms with Crippen LogP contribution in [0.25, 0.3) is 0 Å². The minimum atomic E-state index is -0.951. The van der Waals surface area contributed by atoms with Gasteiger partial charge in [-0.05, 0) is 36.6 Å². The third kappa shape index (κ3) is 2.82. The van der Waals surface area contributed by atoms with E-state index in [1.165, 1.54) is 0 Å². The van der Waals surface area contributed by atoms with Gasteiger partial charge < -0.3 is 9.84 Å². The number of carboxylic acids is 1. The highest BCUT2D eigenvalue weighted by atomic mass is 16.5. The molecule has 0 fully saturated rings. The van der Waals surface area contributed by atoms with E-state index in [9.17, 15) is 9.90 Å². The normalized spacial score (nSPS) is 13.5. The Labute approximate surface area is 118 Å². The van der Waals surface area contributed by atoms with E-state index in [-0.39, 0.29) is 0 Å². The smallest absolute Gasteiger partial charge is 0.314 e. The Hall–Kier alpha value is -2.29. The van der Waals surface area contributed by atoms with Gasteiger partial charge in [-0.2, -0.15) is 0 Å². The fourth-order valence-corrected chi connectivity index (χ4v) is 2.26. The number of hydrogen-bond acceptors (Lipinski definition) is 2. The third-order valence-electron chi connectivity index (χ3n) is 3.60. The first-order valence-corrected chi connectivity index (χ1v) is 6.48. The standard InChI is InChI=1S/C17H18O3/c1-17(16(18)19,12-13-6-4-3-5-7-13)14-8-10-15(20-2)11-9-14/h3-11H,12H2,1-2H3,(H,18,19). The van der Waals surface area contributed by atoms with Crippen molar-refractivity contribution in [3.8, 4) is 5.75 Å². The number of benzene rings is 2. The van der Waals surface area contributed by atoms with Gasteiger partial charge in [0.05, 0.1) is 12.5 Å². The second-order valence-corrected chi connectivity index (χ2v) is 5.03. The highest BCUT2D eigenvalue weighted by Gasteiger charge is 2.35. The molecule has 1 unspecified atom stereocenters. The fourth-order valence-electron chi connectivity index (χ4n) is 2.26. The number of rotatable bonds is 5. The molecule has 2 rings (SSSR count). The summed E-state index contributed by atoms with van der Waals surface area (Å²) in [5.41, 5.74) is 0.830. The zero-order valence-corrected chi connectivity index (χ0v) is 11.7. The van der Waals surface area contributed by atoms with Crippen molar-refractivity contribution in [2.75, 3.05) is 7.11 Å². The third-order valence-corrected chi connectivity index (χ3v) is 3.60. The lowest BCUT2D eigenvalue weighted by Crippen LogP contribution is -2.34. The van der Waals surface area contributed by atoms with E-state index in [4.69, 9.17) is 4.74 Å². The van der Waals surface area contributed by atoms with Crippen molar-refractivity contribution in [3.05, 3.63) is 65.7 Å². The molecule has 0 saturated heterocycles. The zero-order chi connectivity index (χ0) is 14.6. The molecule has 0 aromatic heterocycles. The van der Waals surface area contributed by atoms with E-state index in [0.717, 1.165) is 16.9 Å². The summed E-state index contributed by atoms with van der Waals surface area (Å²) in [6, 6.07) is 16.9. The Balaban J connectivity index is 2.35. The molecule has 104 valence electrons. The second-order valence-electron chi connectivity index (χ2n) is 5.03. The maximum absolute atomic E-state index is 11.7. The summed E-state index contributed by atoms with van der Waals surface area (Å²) < 4.78 is 5.11. The maximum atomic E-state index is 11.7. The number of carboxylic acid groups (broad SMARTS) is 1. The maximum Gasteiger partial charge on any atom is 0.314 e. The molecule has 1 N–H and O–H groups in total. The van der Waals surface area contributed by atoms with E-state index in [1.54, 1.807) is 26.2 Å². The van der Waals surface area contributed by atoms with Crippen LogP contribution in [0.3, 0.4) is 0 Å². The summed E-state index contributed by atoms with van der Waals surface area (Å²) in [7, 11) is 1.59. The van der Waals surface area contributed by atoms with Crippen molar-refractivity contribution >= 4 is 5.97 Å². The highest BCUT2D eigenvalue weighted by Crippen LogP contribution is 2.30. The van der Waals surface area contributed by atoms with Crippen molar-refractivity contribution in [1.82, 2.24) is 0 Å². The van der Waals surface area contributed by atoms with Gasteiger partial charge in [0, 0.05) is 0 Å². The SMILES string of the molecule is COc1ccc(C(C)(Cc2ccccc2)C(=O)O)cc1. The monoisotopic (exact) mass is 270 g/mol. The van der Waals surface area contributed by atoms with Gasteiger partial charge >= 0.3 is 5.97 Å². The minimum Gasteiger partial charge on any atom is -0.497 e. The molecular formula is C17H18O3. The molecule has 3 nitrogen and oxygen atoms in total. The van der Waals surface area contributed by atoms with Crippen LogP contribution in [0.2, 0.25) is 0 Å². The Morgan fingerprint density at radius 3 is 2.20 bits per heavy atom. The molecule has 0 saturated carbocycles. The molecule has 2 aromatic rings. The summed E-state index contributed by atoms with van der Waals surface area (Å²) >= 11 is 0. The van der Waals surface area contributed by atoms with Crippen LogP contribution in [0.15, 0.2) is 54.6 Å². The lowest BCUT2D eigenvalue weighted by Gasteiger charge is -2.25. The number of ether oxygens (including phenoxy) is 1. The molecule has 0 bridgehead atoms. The van der Waals surface area contributed by atoms with Crippen LogP contribution >= 0.6 is 0 Å². The van der Waals surface area contributed by atoms with Gasteiger partial charge in [0.25, 0.3) is 0 Å².